The van der Waals surface area contributed by atoms with E-state index in [-0.39, 0.29) is 54.9 Å². The van der Waals surface area contributed by atoms with E-state index in [9.17, 15) is 14.4 Å². The zero-order chi connectivity index (χ0) is 23.5. The molecule has 0 saturated carbocycles. The van der Waals surface area contributed by atoms with E-state index in [1.807, 2.05) is 4.90 Å². The maximum Gasteiger partial charge on any atom is 0.229 e. The summed E-state index contributed by atoms with van der Waals surface area (Å²) < 4.78 is 4.98. The van der Waals surface area contributed by atoms with Crippen LogP contribution in [-0.4, -0.2) is 67.4 Å². The molecule has 7 heteroatoms. The van der Waals surface area contributed by atoms with Gasteiger partial charge >= 0.3 is 0 Å². The van der Waals surface area contributed by atoms with Gasteiger partial charge in [0.2, 0.25) is 17.7 Å². The van der Waals surface area contributed by atoms with Crippen molar-refractivity contribution >= 4 is 23.4 Å². The number of benzene rings is 1. The fraction of sp³-hybridized carbons (Fsp3) is 0.560. The van der Waals surface area contributed by atoms with Crippen molar-refractivity contribution in [2.45, 2.75) is 45.4 Å². The molecule has 3 amide bonds. The van der Waals surface area contributed by atoms with Gasteiger partial charge in [-0.05, 0) is 23.0 Å². The quantitative estimate of drug-likeness (QED) is 0.501. The third-order valence-corrected chi connectivity index (χ3v) is 6.30. The fourth-order valence-electron chi connectivity index (χ4n) is 4.44. The summed E-state index contributed by atoms with van der Waals surface area (Å²) in [5, 5.41) is 0. The number of piperidine rings is 1. The van der Waals surface area contributed by atoms with Crippen molar-refractivity contribution in [1.29, 1.82) is 0 Å². The Morgan fingerprint density at radius 2 is 1.66 bits per heavy atom. The van der Waals surface area contributed by atoms with Gasteiger partial charge in [-0.3, -0.25) is 19.3 Å². The van der Waals surface area contributed by atoms with E-state index in [1.165, 1.54) is 23.3 Å². The number of ether oxygens (including phenoxy) is 1. The van der Waals surface area contributed by atoms with E-state index in [1.54, 1.807) is 0 Å². The largest absolute Gasteiger partial charge is 0.500 e. The molecule has 0 aromatic heterocycles. The monoisotopic (exact) mass is 441 g/mol. The number of imide groups is 1. The normalized spacial score (nSPS) is 18.2. The molecule has 0 spiro atoms. The highest BCUT2D eigenvalue weighted by Gasteiger charge is 2.35. The van der Waals surface area contributed by atoms with E-state index < -0.39 is 0 Å². The van der Waals surface area contributed by atoms with Gasteiger partial charge in [0.25, 0.3) is 0 Å². The summed E-state index contributed by atoms with van der Waals surface area (Å²) in [5.41, 5.74) is 2.58. The number of carbonyl (C=O) groups excluding carboxylic acids is 3. The first kappa shape index (κ1) is 23.8. The number of para-hydroxylation sites is 1. The molecule has 2 fully saturated rings. The zero-order valence-corrected chi connectivity index (χ0v) is 19.7. The number of amides is 3. The Bertz CT molecular complexity index is 863. The Balaban J connectivity index is 1.54. The lowest BCUT2D eigenvalue weighted by molar-refractivity contribution is -0.150. The molecule has 2 aliphatic rings. The van der Waals surface area contributed by atoms with Crippen molar-refractivity contribution in [3.63, 3.8) is 0 Å². The third kappa shape index (κ3) is 5.50. The molecule has 1 aromatic carbocycles. The smallest absolute Gasteiger partial charge is 0.229 e. The van der Waals surface area contributed by atoms with Gasteiger partial charge in [-0.2, -0.15) is 0 Å². The molecule has 0 radical (unpaired) electrons. The summed E-state index contributed by atoms with van der Waals surface area (Å²) in [7, 11) is 1.46. The maximum atomic E-state index is 12.9. The highest BCUT2D eigenvalue weighted by molar-refractivity contribution is 5.98. The van der Waals surface area contributed by atoms with Crippen LogP contribution >= 0.6 is 0 Å². The highest BCUT2D eigenvalue weighted by Crippen LogP contribution is 2.32. The van der Waals surface area contributed by atoms with Crippen molar-refractivity contribution in [2.24, 2.45) is 5.92 Å². The van der Waals surface area contributed by atoms with Crippen molar-refractivity contribution < 1.29 is 19.1 Å². The second-order valence-electron chi connectivity index (χ2n) is 9.73. The zero-order valence-electron chi connectivity index (χ0n) is 19.7. The summed E-state index contributed by atoms with van der Waals surface area (Å²) in [4.78, 5) is 43.1. The van der Waals surface area contributed by atoms with Crippen LogP contribution in [0.2, 0.25) is 0 Å². The van der Waals surface area contributed by atoms with Gasteiger partial charge < -0.3 is 14.5 Å². The second kappa shape index (κ2) is 9.76. The Morgan fingerprint density at radius 1 is 1.06 bits per heavy atom. The van der Waals surface area contributed by atoms with E-state index in [2.05, 4.69) is 56.5 Å². The van der Waals surface area contributed by atoms with Crippen LogP contribution in [0.15, 0.2) is 36.6 Å². The average molecular weight is 442 g/mol. The van der Waals surface area contributed by atoms with Gasteiger partial charge in [0.05, 0.1) is 13.7 Å². The van der Waals surface area contributed by atoms with Gasteiger partial charge in [-0.25, -0.2) is 0 Å². The summed E-state index contributed by atoms with van der Waals surface area (Å²) in [6, 6.07) is 8.46. The number of anilines is 1. The maximum absolute atomic E-state index is 12.9. The van der Waals surface area contributed by atoms with Gasteiger partial charge in [0.15, 0.2) is 0 Å². The molecule has 0 bridgehead atoms. The molecule has 2 saturated heterocycles. The van der Waals surface area contributed by atoms with Gasteiger partial charge in [-0.15, -0.1) is 0 Å². The predicted octanol–water partition coefficient (Wildman–Crippen LogP) is 2.95. The lowest BCUT2D eigenvalue weighted by Gasteiger charge is -2.39. The summed E-state index contributed by atoms with van der Waals surface area (Å²) in [5.74, 6) is -0.378. The number of likely N-dealkylation sites (tertiary alicyclic amines) is 1. The molecule has 7 nitrogen and oxygen atoms in total. The van der Waals surface area contributed by atoms with Crippen LogP contribution in [0, 0.1) is 5.92 Å². The minimum atomic E-state index is -0.263. The van der Waals surface area contributed by atoms with Crippen LogP contribution < -0.4 is 4.90 Å². The molecule has 0 aliphatic carbocycles. The number of rotatable bonds is 6. The van der Waals surface area contributed by atoms with E-state index in [0.717, 1.165) is 13.1 Å². The number of carbonyl (C=O) groups is 3. The molecule has 3 rings (SSSR count). The number of hydrogen-bond acceptors (Lipinski definition) is 5. The van der Waals surface area contributed by atoms with Crippen LogP contribution in [0.5, 0.6) is 0 Å². The van der Waals surface area contributed by atoms with E-state index in [0.29, 0.717) is 18.8 Å². The van der Waals surface area contributed by atoms with Gasteiger partial charge in [0.1, 0.15) is 5.76 Å². The number of methoxy groups -OCH3 is 1. The van der Waals surface area contributed by atoms with Crippen LogP contribution in [0.25, 0.3) is 0 Å². The molecule has 1 aromatic rings. The first-order valence-corrected chi connectivity index (χ1v) is 11.3. The van der Waals surface area contributed by atoms with Crippen molar-refractivity contribution in [3.05, 3.63) is 42.2 Å². The van der Waals surface area contributed by atoms with Gasteiger partial charge in [0, 0.05) is 51.1 Å². The van der Waals surface area contributed by atoms with E-state index >= 15 is 0 Å². The summed E-state index contributed by atoms with van der Waals surface area (Å²) >= 11 is 0. The van der Waals surface area contributed by atoms with Crippen molar-refractivity contribution in [1.82, 2.24) is 9.80 Å². The lowest BCUT2D eigenvalue weighted by Crippen LogP contribution is -2.50. The first-order chi connectivity index (χ1) is 15.1. The lowest BCUT2D eigenvalue weighted by atomic mass is 9.85. The predicted molar refractivity (Wildman–Crippen MR) is 124 cm³/mol. The fourth-order valence-corrected chi connectivity index (χ4v) is 4.44. The molecule has 0 atom stereocenters. The van der Waals surface area contributed by atoms with Crippen molar-refractivity contribution in [3.8, 4) is 0 Å². The Hall–Kier alpha value is -2.83. The molecule has 32 heavy (non-hydrogen) atoms. The molecule has 0 unspecified atom stereocenters. The Morgan fingerprint density at radius 3 is 2.22 bits per heavy atom. The Labute approximate surface area is 191 Å². The molecule has 0 N–H and O–H groups in total. The topological polar surface area (TPSA) is 70.2 Å². The van der Waals surface area contributed by atoms with Crippen LogP contribution in [0.3, 0.4) is 0 Å². The minimum absolute atomic E-state index is 0.0223. The Kier molecular flexibility index (Phi) is 7.26. The van der Waals surface area contributed by atoms with Gasteiger partial charge in [-0.1, -0.05) is 45.5 Å². The molecular weight excluding hydrogens is 406 g/mol. The van der Waals surface area contributed by atoms with Crippen LogP contribution in [-0.2, 0) is 24.5 Å². The highest BCUT2D eigenvalue weighted by atomic mass is 16.5. The van der Waals surface area contributed by atoms with Crippen LogP contribution in [0.4, 0.5) is 5.69 Å². The molecule has 174 valence electrons. The molecule has 2 heterocycles. The summed E-state index contributed by atoms with van der Waals surface area (Å²) in [6.07, 6.45) is 0.635. The van der Waals surface area contributed by atoms with Crippen molar-refractivity contribution in [2.75, 3.05) is 44.7 Å². The minimum Gasteiger partial charge on any atom is -0.500 e. The number of nitrogens with zero attached hydrogens (tertiary/aromatic N) is 3. The first-order valence-electron chi connectivity index (χ1n) is 11.3. The number of piperazine rings is 1. The second-order valence-corrected chi connectivity index (χ2v) is 9.73. The van der Waals surface area contributed by atoms with Crippen LogP contribution in [0.1, 0.15) is 45.6 Å². The third-order valence-electron chi connectivity index (χ3n) is 6.30. The number of hydrogen-bond donors (Lipinski definition) is 0. The van der Waals surface area contributed by atoms with E-state index in [4.69, 9.17) is 4.74 Å². The molecule has 2 aliphatic heterocycles. The SMILES string of the molecule is C=C(CN1C(=O)CC(CC(=O)N2CCN(c3ccccc3C(C)(C)C)CC2)CC1=O)OC. The average Bonchev–Trinajstić information content (AvgIpc) is 2.75. The standard InChI is InChI=1S/C25H35N3O4/c1-18(32-5)17-28-23(30)15-19(16-24(28)31)14-22(29)27-12-10-26(11-13-27)21-9-7-6-8-20(21)25(2,3)4/h6-9,19H,1,10-17H2,2-5H3. The summed E-state index contributed by atoms with van der Waals surface area (Å²) in [6.45, 7) is 13.2. The molecular formula is C25H35N3O4.